The van der Waals surface area contributed by atoms with E-state index in [4.69, 9.17) is 14.2 Å². The summed E-state index contributed by atoms with van der Waals surface area (Å²) in [4.78, 5) is 12.0. The van der Waals surface area contributed by atoms with Crippen LogP contribution in [0.25, 0.3) is 0 Å². The van der Waals surface area contributed by atoms with E-state index in [0.29, 0.717) is 30.1 Å². The van der Waals surface area contributed by atoms with Crippen LogP contribution in [0.1, 0.15) is 18.4 Å². The lowest BCUT2D eigenvalue weighted by Gasteiger charge is -2.14. The first-order chi connectivity index (χ1) is 11.4. The van der Waals surface area contributed by atoms with Gasteiger partial charge in [-0.1, -0.05) is 0 Å². The van der Waals surface area contributed by atoms with Crippen LogP contribution in [0.3, 0.4) is 0 Å². The van der Waals surface area contributed by atoms with E-state index in [0.717, 1.165) is 5.56 Å². The third kappa shape index (κ3) is 4.53. The molecule has 1 aromatic rings. The Hall–Kier alpha value is -1.96. The Morgan fingerprint density at radius 2 is 1.79 bits per heavy atom. The molecule has 0 saturated carbocycles. The number of hydrogen-bond acceptors (Lipinski definition) is 6. The van der Waals surface area contributed by atoms with Gasteiger partial charge in [-0.25, -0.2) is 8.42 Å². The molecule has 1 atom stereocenters. The molecular weight excluding hydrogens is 334 g/mol. The van der Waals surface area contributed by atoms with Crippen molar-refractivity contribution in [3.63, 3.8) is 0 Å². The van der Waals surface area contributed by atoms with E-state index in [1.807, 2.05) is 0 Å². The number of aryl methyl sites for hydroxylation is 1. The Bertz CT molecular complexity index is 676. The van der Waals surface area contributed by atoms with Crippen molar-refractivity contribution in [3.8, 4) is 17.2 Å². The Morgan fingerprint density at radius 3 is 2.25 bits per heavy atom. The number of nitrogens with one attached hydrogen (secondary N) is 1. The summed E-state index contributed by atoms with van der Waals surface area (Å²) in [7, 11) is 1.61. The van der Waals surface area contributed by atoms with Gasteiger partial charge in [0.25, 0.3) is 0 Å². The monoisotopic (exact) mass is 357 g/mol. The van der Waals surface area contributed by atoms with Gasteiger partial charge in [-0.05, 0) is 30.5 Å². The lowest BCUT2D eigenvalue weighted by atomic mass is 10.1. The van der Waals surface area contributed by atoms with E-state index in [2.05, 4.69) is 5.32 Å². The molecule has 0 spiro atoms. The van der Waals surface area contributed by atoms with Crippen LogP contribution >= 0.6 is 0 Å². The van der Waals surface area contributed by atoms with Crippen LogP contribution in [0, 0.1) is 0 Å². The van der Waals surface area contributed by atoms with Crippen molar-refractivity contribution in [2.24, 2.45) is 0 Å². The molecule has 1 unspecified atom stereocenters. The minimum atomic E-state index is -3.00. The molecule has 0 bridgehead atoms. The zero-order valence-corrected chi connectivity index (χ0v) is 14.9. The second kappa shape index (κ2) is 7.74. The molecule has 1 saturated heterocycles. The fourth-order valence-electron chi connectivity index (χ4n) is 2.75. The first-order valence-electron chi connectivity index (χ1n) is 7.67. The Morgan fingerprint density at radius 1 is 1.17 bits per heavy atom. The first-order valence-corrected chi connectivity index (χ1v) is 9.49. The first kappa shape index (κ1) is 18.4. The van der Waals surface area contributed by atoms with Crippen molar-refractivity contribution in [2.45, 2.75) is 25.3 Å². The number of benzene rings is 1. The fourth-order valence-corrected chi connectivity index (χ4v) is 4.42. The van der Waals surface area contributed by atoms with E-state index in [1.54, 1.807) is 12.1 Å². The van der Waals surface area contributed by atoms with Crippen molar-refractivity contribution in [1.29, 1.82) is 0 Å². The Balaban J connectivity index is 1.97. The van der Waals surface area contributed by atoms with E-state index < -0.39 is 9.84 Å². The van der Waals surface area contributed by atoms with Crippen LogP contribution in [-0.2, 0) is 21.1 Å². The standard InChI is InChI=1S/C16H23NO6S/c1-21-13-8-11(9-14(22-2)16(13)23-3)4-5-15(18)17-12-6-7-24(19,20)10-12/h8-9,12H,4-7,10H2,1-3H3,(H,17,18). The van der Waals surface area contributed by atoms with Crippen molar-refractivity contribution in [2.75, 3.05) is 32.8 Å². The van der Waals surface area contributed by atoms with Crippen LogP contribution in [0.15, 0.2) is 12.1 Å². The number of carbonyl (C=O) groups is 1. The predicted octanol–water partition coefficient (Wildman–Crippen LogP) is 0.948. The number of sulfone groups is 1. The number of amides is 1. The van der Waals surface area contributed by atoms with E-state index in [-0.39, 0.29) is 29.9 Å². The van der Waals surface area contributed by atoms with Gasteiger partial charge in [0, 0.05) is 12.5 Å². The summed E-state index contributed by atoms with van der Waals surface area (Å²) in [6.07, 6.45) is 1.23. The van der Waals surface area contributed by atoms with Gasteiger partial charge in [0.1, 0.15) is 0 Å². The van der Waals surface area contributed by atoms with Crippen LogP contribution < -0.4 is 19.5 Å². The van der Waals surface area contributed by atoms with E-state index in [1.165, 1.54) is 21.3 Å². The summed E-state index contributed by atoms with van der Waals surface area (Å²) >= 11 is 0. The highest BCUT2D eigenvalue weighted by Gasteiger charge is 2.28. The molecule has 1 fully saturated rings. The summed E-state index contributed by atoms with van der Waals surface area (Å²) in [5.41, 5.74) is 0.874. The zero-order chi connectivity index (χ0) is 17.7. The smallest absolute Gasteiger partial charge is 0.220 e. The molecule has 7 nitrogen and oxygen atoms in total. The second-order valence-electron chi connectivity index (χ2n) is 5.70. The molecule has 0 aromatic heterocycles. The molecular formula is C16H23NO6S. The Kier molecular flexibility index (Phi) is 5.93. The molecule has 1 aliphatic rings. The quantitative estimate of drug-likeness (QED) is 0.781. The topological polar surface area (TPSA) is 90.9 Å². The summed E-state index contributed by atoms with van der Waals surface area (Å²) in [6.45, 7) is 0. The van der Waals surface area contributed by atoms with Gasteiger partial charge in [0.2, 0.25) is 11.7 Å². The van der Waals surface area contributed by atoms with Gasteiger partial charge in [-0.3, -0.25) is 4.79 Å². The van der Waals surface area contributed by atoms with Gasteiger partial charge >= 0.3 is 0 Å². The van der Waals surface area contributed by atoms with Crippen molar-refractivity contribution in [3.05, 3.63) is 17.7 Å². The Labute approximate surface area is 142 Å². The molecule has 1 N–H and O–H groups in total. The number of carbonyl (C=O) groups excluding carboxylic acids is 1. The fraction of sp³-hybridized carbons (Fsp3) is 0.562. The minimum Gasteiger partial charge on any atom is -0.493 e. The molecule has 1 heterocycles. The molecule has 1 amide bonds. The van der Waals surface area contributed by atoms with Crippen molar-refractivity contribution in [1.82, 2.24) is 5.32 Å². The highest BCUT2D eigenvalue weighted by molar-refractivity contribution is 7.91. The number of rotatable bonds is 7. The maximum atomic E-state index is 12.0. The summed E-state index contributed by atoms with van der Waals surface area (Å²) in [5.74, 6) is 1.59. The van der Waals surface area contributed by atoms with E-state index >= 15 is 0 Å². The third-order valence-corrected chi connectivity index (χ3v) is 5.73. The number of methoxy groups -OCH3 is 3. The number of hydrogen-bond donors (Lipinski definition) is 1. The summed E-state index contributed by atoms with van der Waals surface area (Å²) < 4.78 is 38.7. The van der Waals surface area contributed by atoms with Gasteiger partial charge in [-0.2, -0.15) is 0 Å². The van der Waals surface area contributed by atoms with Gasteiger partial charge in [0.15, 0.2) is 21.3 Å². The normalized spacial score (nSPS) is 18.9. The van der Waals surface area contributed by atoms with Crippen molar-refractivity contribution >= 4 is 15.7 Å². The highest BCUT2D eigenvalue weighted by atomic mass is 32.2. The molecule has 134 valence electrons. The molecule has 2 rings (SSSR count). The zero-order valence-electron chi connectivity index (χ0n) is 14.1. The maximum absolute atomic E-state index is 12.0. The molecule has 1 aromatic carbocycles. The SMILES string of the molecule is COc1cc(CCC(=O)NC2CCS(=O)(=O)C2)cc(OC)c1OC. The average molecular weight is 357 g/mol. The van der Waals surface area contributed by atoms with Crippen LogP contribution in [0.5, 0.6) is 17.2 Å². The van der Waals surface area contributed by atoms with Gasteiger partial charge < -0.3 is 19.5 Å². The molecule has 0 radical (unpaired) electrons. The van der Waals surface area contributed by atoms with Crippen LogP contribution in [-0.4, -0.2) is 53.2 Å². The molecule has 0 aliphatic carbocycles. The molecule has 8 heteroatoms. The number of ether oxygens (including phenoxy) is 3. The lowest BCUT2D eigenvalue weighted by Crippen LogP contribution is -2.35. The highest BCUT2D eigenvalue weighted by Crippen LogP contribution is 2.38. The lowest BCUT2D eigenvalue weighted by molar-refractivity contribution is -0.121. The maximum Gasteiger partial charge on any atom is 0.220 e. The van der Waals surface area contributed by atoms with Gasteiger partial charge in [-0.15, -0.1) is 0 Å². The molecule has 1 aliphatic heterocycles. The average Bonchev–Trinajstić information content (AvgIpc) is 2.90. The summed E-state index contributed by atoms with van der Waals surface area (Å²) in [6, 6.07) is 3.32. The van der Waals surface area contributed by atoms with Crippen molar-refractivity contribution < 1.29 is 27.4 Å². The molecule has 24 heavy (non-hydrogen) atoms. The third-order valence-electron chi connectivity index (χ3n) is 3.96. The van der Waals surface area contributed by atoms with Crippen LogP contribution in [0.4, 0.5) is 0 Å². The van der Waals surface area contributed by atoms with Gasteiger partial charge in [0.05, 0.1) is 32.8 Å². The minimum absolute atomic E-state index is 0.0307. The largest absolute Gasteiger partial charge is 0.493 e. The second-order valence-corrected chi connectivity index (χ2v) is 7.93. The van der Waals surface area contributed by atoms with Crippen LogP contribution in [0.2, 0.25) is 0 Å². The van der Waals surface area contributed by atoms with E-state index in [9.17, 15) is 13.2 Å². The summed E-state index contributed by atoms with van der Waals surface area (Å²) in [5, 5.41) is 2.78. The predicted molar refractivity (Wildman–Crippen MR) is 89.6 cm³/mol.